The molecule has 0 saturated heterocycles. The van der Waals surface area contributed by atoms with Crippen molar-refractivity contribution in [2.24, 2.45) is 34.5 Å². The first-order valence-electron chi connectivity index (χ1n) is 11.5. The highest BCUT2D eigenvalue weighted by molar-refractivity contribution is 5.96. The minimum Gasteiger partial charge on any atom is -0.463 e. The highest BCUT2D eigenvalue weighted by Gasteiger charge is 2.63. The van der Waals surface area contributed by atoms with Crippen molar-refractivity contribution in [1.82, 2.24) is 5.32 Å². The third-order valence-electron chi connectivity index (χ3n) is 9.27. The standard InChI is InChI=1S/C23H32F3NO4/c1-12(28)31-14-6-8-21(2)13(10-14)4-5-15-16(21)7-9-22(3)17(15)11-18(19(22)29)27-20(30)23(24,25)26/h13-18H,4-11H2,1-3H3,(H,27,30)/t13-,14-,15+,16-,17-,18-,21-,22-/m0/s1. The molecule has 0 radical (unpaired) electrons. The molecule has 4 aliphatic rings. The molecule has 0 unspecified atom stereocenters. The molecule has 4 aliphatic carbocycles. The smallest absolute Gasteiger partial charge is 0.463 e. The number of halogens is 3. The molecule has 1 amide bonds. The van der Waals surface area contributed by atoms with E-state index in [9.17, 15) is 27.6 Å². The van der Waals surface area contributed by atoms with E-state index in [1.165, 1.54) is 6.92 Å². The van der Waals surface area contributed by atoms with Crippen LogP contribution in [0.3, 0.4) is 0 Å². The maximum atomic E-state index is 13.1. The minimum atomic E-state index is -4.98. The first kappa shape index (κ1) is 22.6. The van der Waals surface area contributed by atoms with E-state index in [1.807, 2.05) is 12.2 Å². The number of rotatable bonds is 2. The number of hydrogen-bond donors (Lipinski definition) is 1. The number of nitrogens with one attached hydrogen (secondary N) is 1. The van der Waals surface area contributed by atoms with Crippen LogP contribution in [0.4, 0.5) is 13.2 Å². The Hall–Kier alpha value is -1.60. The number of ether oxygens (including phenoxy) is 1. The molecule has 0 heterocycles. The van der Waals surface area contributed by atoms with Gasteiger partial charge in [-0.3, -0.25) is 14.4 Å². The summed E-state index contributed by atoms with van der Waals surface area (Å²) in [6.45, 7) is 5.65. The van der Waals surface area contributed by atoms with E-state index in [0.717, 1.165) is 38.5 Å². The summed E-state index contributed by atoms with van der Waals surface area (Å²) in [5, 5.41) is 1.97. The number of fused-ring (bicyclic) bond motifs is 5. The number of Topliss-reactive ketones (excluding diaryl/α,β-unsaturated/α-hetero) is 1. The molecule has 0 aromatic carbocycles. The summed E-state index contributed by atoms with van der Waals surface area (Å²) in [7, 11) is 0. The second-order valence-electron chi connectivity index (χ2n) is 10.7. The molecular formula is C23H32F3NO4. The van der Waals surface area contributed by atoms with Crippen LogP contribution in [0.2, 0.25) is 0 Å². The van der Waals surface area contributed by atoms with E-state index in [-0.39, 0.29) is 35.1 Å². The van der Waals surface area contributed by atoms with E-state index >= 15 is 0 Å². The third kappa shape index (κ3) is 3.67. The van der Waals surface area contributed by atoms with E-state index in [2.05, 4.69) is 6.92 Å². The molecule has 8 heteroatoms. The number of amides is 1. The zero-order chi connectivity index (χ0) is 22.8. The molecule has 174 valence electrons. The van der Waals surface area contributed by atoms with Gasteiger partial charge < -0.3 is 10.1 Å². The zero-order valence-corrected chi connectivity index (χ0v) is 18.4. The average Bonchev–Trinajstić information content (AvgIpc) is 2.92. The molecule has 31 heavy (non-hydrogen) atoms. The molecule has 4 rings (SSSR count). The van der Waals surface area contributed by atoms with Gasteiger partial charge in [-0.2, -0.15) is 13.2 Å². The monoisotopic (exact) mass is 443 g/mol. The Labute approximate surface area is 180 Å². The van der Waals surface area contributed by atoms with Crippen LogP contribution in [0.25, 0.3) is 0 Å². The Morgan fingerprint density at radius 2 is 1.74 bits per heavy atom. The lowest BCUT2D eigenvalue weighted by Crippen LogP contribution is -2.54. The average molecular weight is 444 g/mol. The predicted octanol–water partition coefficient (Wildman–Crippen LogP) is 4.19. The highest BCUT2D eigenvalue weighted by Crippen LogP contribution is 2.65. The van der Waals surface area contributed by atoms with Crippen molar-refractivity contribution >= 4 is 17.7 Å². The summed E-state index contributed by atoms with van der Waals surface area (Å²) in [5.41, 5.74) is -0.569. The van der Waals surface area contributed by atoms with E-state index in [0.29, 0.717) is 24.7 Å². The highest BCUT2D eigenvalue weighted by atomic mass is 19.4. The van der Waals surface area contributed by atoms with E-state index < -0.39 is 23.5 Å². The molecular weight excluding hydrogens is 411 g/mol. The number of ketones is 1. The molecule has 1 N–H and O–H groups in total. The van der Waals surface area contributed by atoms with Crippen molar-refractivity contribution < 1.29 is 32.3 Å². The zero-order valence-electron chi connectivity index (χ0n) is 18.4. The van der Waals surface area contributed by atoms with Crippen LogP contribution in [-0.4, -0.2) is 36.0 Å². The van der Waals surface area contributed by atoms with Gasteiger partial charge in [0.1, 0.15) is 6.10 Å². The van der Waals surface area contributed by atoms with Crippen LogP contribution in [0.15, 0.2) is 0 Å². The number of hydrogen-bond acceptors (Lipinski definition) is 4. The number of carbonyl (C=O) groups is 3. The summed E-state index contributed by atoms with van der Waals surface area (Å²) in [6, 6.07) is -1.05. The molecule has 0 aromatic rings. The van der Waals surface area contributed by atoms with Crippen molar-refractivity contribution in [2.75, 3.05) is 0 Å². The van der Waals surface area contributed by atoms with Gasteiger partial charge in [-0.25, -0.2) is 0 Å². The normalized spacial score (nSPS) is 44.6. The van der Waals surface area contributed by atoms with Gasteiger partial charge in [0.05, 0.1) is 6.04 Å². The Morgan fingerprint density at radius 3 is 2.39 bits per heavy atom. The van der Waals surface area contributed by atoms with Crippen LogP contribution in [0, 0.1) is 34.5 Å². The molecule has 5 nitrogen and oxygen atoms in total. The van der Waals surface area contributed by atoms with Crippen molar-refractivity contribution in [3.63, 3.8) is 0 Å². The molecule has 4 saturated carbocycles. The van der Waals surface area contributed by atoms with Gasteiger partial charge in [-0.15, -0.1) is 0 Å². The molecule has 0 aromatic heterocycles. The summed E-state index contributed by atoms with van der Waals surface area (Å²) < 4.78 is 43.8. The van der Waals surface area contributed by atoms with Crippen LogP contribution >= 0.6 is 0 Å². The molecule has 0 bridgehead atoms. The summed E-state index contributed by atoms with van der Waals surface area (Å²) >= 11 is 0. The second kappa shape index (κ2) is 7.48. The van der Waals surface area contributed by atoms with Gasteiger partial charge >= 0.3 is 18.1 Å². The SMILES string of the molecule is CC(=O)O[C@H]1CC[C@@]2(C)[C@@H](CC[C@@H]3[C@@H]2CC[C@]2(C)C(=O)[C@@H](NC(=O)C(F)(F)F)C[C@@H]32)C1. The first-order chi connectivity index (χ1) is 14.4. The molecule has 0 spiro atoms. The lowest BCUT2D eigenvalue weighted by atomic mass is 9.45. The maximum Gasteiger partial charge on any atom is 0.471 e. The Kier molecular flexibility index (Phi) is 5.45. The quantitative estimate of drug-likeness (QED) is 0.650. The van der Waals surface area contributed by atoms with E-state index in [1.54, 1.807) is 0 Å². The molecule has 4 fully saturated rings. The Morgan fingerprint density at radius 1 is 1.03 bits per heavy atom. The van der Waals surface area contributed by atoms with Crippen LogP contribution in [0.5, 0.6) is 0 Å². The summed E-state index contributed by atoms with van der Waals surface area (Å²) in [4.78, 5) is 35.9. The van der Waals surface area contributed by atoms with Gasteiger partial charge in [0, 0.05) is 12.3 Å². The van der Waals surface area contributed by atoms with Crippen LogP contribution < -0.4 is 5.32 Å². The third-order valence-corrected chi connectivity index (χ3v) is 9.27. The van der Waals surface area contributed by atoms with Crippen molar-refractivity contribution in [3.8, 4) is 0 Å². The maximum absolute atomic E-state index is 13.1. The number of esters is 1. The van der Waals surface area contributed by atoms with Gasteiger partial charge in [0.15, 0.2) is 5.78 Å². The van der Waals surface area contributed by atoms with Gasteiger partial charge in [-0.05, 0) is 80.5 Å². The second-order valence-corrected chi connectivity index (χ2v) is 10.7. The first-order valence-corrected chi connectivity index (χ1v) is 11.5. The summed E-state index contributed by atoms with van der Waals surface area (Å²) in [5.74, 6) is -1.36. The van der Waals surface area contributed by atoms with Gasteiger partial charge in [0.2, 0.25) is 0 Å². The molecule has 8 atom stereocenters. The Bertz CT molecular complexity index is 783. The number of carbonyl (C=O) groups excluding carboxylic acids is 3. The fraction of sp³-hybridized carbons (Fsp3) is 0.870. The van der Waals surface area contributed by atoms with E-state index in [4.69, 9.17) is 4.74 Å². The topological polar surface area (TPSA) is 72.5 Å². The van der Waals surface area contributed by atoms with Crippen molar-refractivity contribution in [3.05, 3.63) is 0 Å². The van der Waals surface area contributed by atoms with Crippen LogP contribution in [0.1, 0.15) is 72.1 Å². The lowest BCUT2D eigenvalue weighted by Gasteiger charge is -2.60. The predicted molar refractivity (Wildman–Crippen MR) is 106 cm³/mol. The summed E-state index contributed by atoms with van der Waals surface area (Å²) in [6.07, 6.45) is 1.41. The largest absolute Gasteiger partial charge is 0.471 e. The van der Waals surface area contributed by atoms with Gasteiger partial charge in [0.25, 0.3) is 0 Å². The van der Waals surface area contributed by atoms with Gasteiger partial charge in [-0.1, -0.05) is 13.8 Å². The lowest BCUT2D eigenvalue weighted by molar-refractivity contribution is -0.174. The molecule has 0 aliphatic heterocycles. The Balaban J connectivity index is 1.51. The van der Waals surface area contributed by atoms with Crippen LogP contribution in [-0.2, 0) is 19.1 Å². The fourth-order valence-corrected chi connectivity index (χ4v) is 7.74. The number of alkyl halides is 3. The fourth-order valence-electron chi connectivity index (χ4n) is 7.74. The minimum absolute atomic E-state index is 0.00116. The van der Waals surface area contributed by atoms with Crippen molar-refractivity contribution in [2.45, 2.75) is 90.5 Å². The van der Waals surface area contributed by atoms with Crippen molar-refractivity contribution in [1.29, 1.82) is 0 Å².